The van der Waals surface area contributed by atoms with Crippen molar-refractivity contribution in [1.29, 1.82) is 0 Å². The van der Waals surface area contributed by atoms with Gasteiger partial charge in [0.05, 0.1) is 5.88 Å². The minimum absolute atomic E-state index is 0.0409. The molecular weight excluding hydrogens is 334 g/mol. The SMILES string of the molecule is O=S(=O)(c1ccc(CCl)o1)N1CCN(c2nccs2)CC1. The summed E-state index contributed by atoms with van der Waals surface area (Å²) in [5, 5.41) is 2.80. The molecule has 3 rings (SSSR count). The number of sulfonamides is 1. The molecule has 21 heavy (non-hydrogen) atoms. The first-order chi connectivity index (χ1) is 10.1. The Kier molecular flexibility index (Phi) is 4.21. The van der Waals surface area contributed by atoms with Crippen molar-refractivity contribution in [3.8, 4) is 0 Å². The third-order valence-electron chi connectivity index (χ3n) is 3.29. The summed E-state index contributed by atoms with van der Waals surface area (Å²) in [6.45, 7) is 2.07. The molecule has 6 nitrogen and oxygen atoms in total. The minimum atomic E-state index is -3.58. The number of hydrogen-bond donors (Lipinski definition) is 0. The highest BCUT2D eigenvalue weighted by Crippen LogP contribution is 2.24. The van der Waals surface area contributed by atoms with Crippen LogP contribution >= 0.6 is 22.9 Å². The second-order valence-electron chi connectivity index (χ2n) is 4.56. The van der Waals surface area contributed by atoms with Crippen LogP contribution in [0, 0.1) is 0 Å². The Morgan fingerprint density at radius 2 is 2.05 bits per heavy atom. The number of thiazole rings is 1. The van der Waals surface area contributed by atoms with Crippen LogP contribution in [0.4, 0.5) is 5.13 Å². The predicted molar refractivity (Wildman–Crippen MR) is 81.4 cm³/mol. The highest BCUT2D eigenvalue weighted by atomic mass is 35.5. The van der Waals surface area contributed by atoms with Crippen molar-refractivity contribution in [2.75, 3.05) is 31.1 Å². The molecule has 114 valence electrons. The average molecular weight is 348 g/mol. The van der Waals surface area contributed by atoms with Gasteiger partial charge >= 0.3 is 0 Å². The third-order valence-corrected chi connectivity index (χ3v) is 6.16. The van der Waals surface area contributed by atoms with E-state index in [1.54, 1.807) is 23.6 Å². The van der Waals surface area contributed by atoms with E-state index >= 15 is 0 Å². The van der Waals surface area contributed by atoms with Crippen molar-refractivity contribution in [3.05, 3.63) is 29.5 Å². The smallest absolute Gasteiger partial charge is 0.276 e. The molecule has 0 radical (unpaired) electrons. The molecule has 9 heteroatoms. The van der Waals surface area contributed by atoms with Gasteiger partial charge in [0.15, 0.2) is 5.13 Å². The zero-order valence-corrected chi connectivity index (χ0v) is 13.5. The summed E-state index contributed by atoms with van der Waals surface area (Å²) in [7, 11) is -3.58. The monoisotopic (exact) mass is 347 g/mol. The molecule has 1 aliphatic rings. The number of piperazine rings is 1. The normalized spacial score (nSPS) is 17.3. The zero-order chi connectivity index (χ0) is 14.9. The quantitative estimate of drug-likeness (QED) is 0.791. The molecule has 0 N–H and O–H groups in total. The van der Waals surface area contributed by atoms with Gasteiger partial charge in [-0.15, -0.1) is 22.9 Å². The molecule has 0 unspecified atom stereocenters. The highest BCUT2D eigenvalue weighted by molar-refractivity contribution is 7.89. The first-order valence-electron chi connectivity index (χ1n) is 6.40. The van der Waals surface area contributed by atoms with Gasteiger partial charge in [-0.2, -0.15) is 4.31 Å². The molecule has 0 aliphatic carbocycles. The minimum Gasteiger partial charge on any atom is -0.447 e. The fraction of sp³-hybridized carbons (Fsp3) is 0.417. The molecule has 2 aromatic heterocycles. The van der Waals surface area contributed by atoms with Gasteiger partial charge in [0, 0.05) is 37.8 Å². The van der Waals surface area contributed by atoms with Gasteiger partial charge in [0.2, 0.25) is 5.09 Å². The molecule has 0 atom stereocenters. The van der Waals surface area contributed by atoms with E-state index in [9.17, 15) is 8.42 Å². The number of anilines is 1. The fourth-order valence-corrected chi connectivity index (χ4v) is 4.38. The predicted octanol–water partition coefficient (Wildman–Crippen LogP) is 1.99. The maximum Gasteiger partial charge on any atom is 0.276 e. The van der Waals surface area contributed by atoms with E-state index in [2.05, 4.69) is 9.88 Å². The number of alkyl halides is 1. The largest absolute Gasteiger partial charge is 0.447 e. The molecule has 2 aromatic rings. The van der Waals surface area contributed by atoms with Gasteiger partial charge in [-0.25, -0.2) is 13.4 Å². The van der Waals surface area contributed by atoms with Gasteiger partial charge in [-0.05, 0) is 12.1 Å². The molecule has 0 spiro atoms. The summed E-state index contributed by atoms with van der Waals surface area (Å²) < 4.78 is 31.6. The van der Waals surface area contributed by atoms with E-state index in [4.69, 9.17) is 16.0 Å². The van der Waals surface area contributed by atoms with E-state index in [0.717, 1.165) is 5.13 Å². The molecule has 1 saturated heterocycles. The number of halogens is 1. The second kappa shape index (κ2) is 5.96. The maximum absolute atomic E-state index is 12.5. The van der Waals surface area contributed by atoms with Crippen LogP contribution in [-0.2, 0) is 15.9 Å². The van der Waals surface area contributed by atoms with Crippen LogP contribution in [0.25, 0.3) is 0 Å². The van der Waals surface area contributed by atoms with Gasteiger partial charge in [0.25, 0.3) is 10.0 Å². The van der Waals surface area contributed by atoms with Crippen molar-refractivity contribution in [2.24, 2.45) is 0 Å². The van der Waals surface area contributed by atoms with E-state index in [1.165, 1.54) is 10.4 Å². The number of rotatable bonds is 4. The van der Waals surface area contributed by atoms with E-state index in [0.29, 0.717) is 31.9 Å². The summed E-state index contributed by atoms with van der Waals surface area (Å²) in [5.41, 5.74) is 0. The second-order valence-corrected chi connectivity index (χ2v) is 7.57. The van der Waals surface area contributed by atoms with Crippen LogP contribution in [-0.4, -0.2) is 43.9 Å². The summed E-state index contributed by atoms with van der Waals surface area (Å²) >= 11 is 7.19. The van der Waals surface area contributed by atoms with Crippen LogP contribution in [0.5, 0.6) is 0 Å². The van der Waals surface area contributed by atoms with Crippen LogP contribution in [0.15, 0.2) is 33.2 Å². The van der Waals surface area contributed by atoms with Crippen molar-refractivity contribution in [1.82, 2.24) is 9.29 Å². The lowest BCUT2D eigenvalue weighted by molar-refractivity contribution is 0.356. The Hall–Kier alpha value is -1.09. The lowest BCUT2D eigenvalue weighted by Gasteiger charge is -2.33. The van der Waals surface area contributed by atoms with Crippen LogP contribution in [0.2, 0.25) is 0 Å². The first-order valence-corrected chi connectivity index (χ1v) is 9.26. The van der Waals surface area contributed by atoms with Gasteiger partial charge in [0.1, 0.15) is 5.76 Å². The summed E-state index contributed by atoms with van der Waals surface area (Å²) in [4.78, 5) is 6.33. The topological polar surface area (TPSA) is 66.7 Å². The lowest BCUT2D eigenvalue weighted by atomic mass is 10.4. The average Bonchev–Trinajstić information content (AvgIpc) is 3.19. The van der Waals surface area contributed by atoms with Crippen LogP contribution < -0.4 is 4.90 Å². The lowest BCUT2D eigenvalue weighted by Crippen LogP contribution is -2.48. The molecular formula is C12H14ClN3O3S2. The Labute approximate surface area is 132 Å². The van der Waals surface area contributed by atoms with E-state index < -0.39 is 10.0 Å². The van der Waals surface area contributed by atoms with Gasteiger partial charge in [-0.1, -0.05) is 0 Å². The number of aromatic nitrogens is 1. The first kappa shape index (κ1) is 14.8. The third kappa shape index (κ3) is 2.94. The molecule has 0 bridgehead atoms. The molecule has 0 aromatic carbocycles. The number of hydrogen-bond acceptors (Lipinski definition) is 6. The van der Waals surface area contributed by atoms with Crippen molar-refractivity contribution < 1.29 is 12.8 Å². The Morgan fingerprint density at radius 3 is 2.62 bits per heavy atom. The number of furan rings is 1. The molecule has 0 saturated carbocycles. The summed E-state index contributed by atoms with van der Waals surface area (Å²) in [6, 6.07) is 3.05. The molecule has 1 fully saturated rings. The fourth-order valence-electron chi connectivity index (χ4n) is 2.19. The Bertz CT molecular complexity index is 691. The van der Waals surface area contributed by atoms with Crippen molar-refractivity contribution in [2.45, 2.75) is 11.0 Å². The maximum atomic E-state index is 12.5. The van der Waals surface area contributed by atoms with E-state index in [-0.39, 0.29) is 11.0 Å². The van der Waals surface area contributed by atoms with Crippen LogP contribution in [0.1, 0.15) is 5.76 Å². The standard InChI is InChI=1S/C12H14ClN3O3S2/c13-9-10-1-2-11(19-10)21(17,18)16-6-4-15(5-7-16)12-14-3-8-20-12/h1-3,8H,4-7,9H2. The van der Waals surface area contributed by atoms with Crippen molar-refractivity contribution in [3.63, 3.8) is 0 Å². The van der Waals surface area contributed by atoms with Gasteiger partial charge < -0.3 is 9.32 Å². The Morgan fingerprint density at radius 1 is 1.29 bits per heavy atom. The molecule has 3 heterocycles. The summed E-state index contributed by atoms with van der Waals surface area (Å²) in [5.74, 6) is 0.615. The van der Waals surface area contributed by atoms with Gasteiger partial charge in [-0.3, -0.25) is 0 Å². The highest BCUT2D eigenvalue weighted by Gasteiger charge is 2.31. The molecule has 0 amide bonds. The van der Waals surface area contributed by atoms with Crippen molar-refractivity contribution >= 4 is 38.1 Å². The zero-order valence-electron chi connectivity index (χ0n) is 11.1. The van der Waals surface area contributed by atoms with E-state index in [1.807, 2.05) is 5.38 Å². The molecule has 1 aliphatic heterocycles. The summed E-state index contributed by atoms with van der Waals surface area (Å²) in [6.07, 6.45) is 1.75. The Balaban J connectivity index is 1.71. The van der Waals surface area contributed by atoms with Crippen LogP contribution in [0.3, 0.4) is 0 Å². The number of nitrogens with zero attached hydrogens (tertiary/aromatic N) is 3.